The van der Waals surface area contributed by atoms with Crippen molar-refractivity contribution in [1.82, 2.24) is 10.0 Å². The van der Waals surface area contributed by atoms with Crippen LogP contribution in [-0.4, -0.2) is 40.9 Å². The molecule has 0 spiro atoms. The van der Waals surface area contributed by atoms with Gasteiger partial charge in [-0.3, -0.25) is 5.01 Å². The molecule has 0 radical (unpaired) electrons. The van der Waals surface area contributed by atoms with E-state index in [2.05, 4.69) is 0 Å². The first-order valence-corrected chi connectivity index (χ1v) is 7.45. The Balaban J connectivity index is 1.98. The van der Waals surface area contributed by atoms with E-state index >= 15 is 0 Å². The number of nitrogens with zero attached hydrogens (tertiary/aromatic N) is 2. The van der Waals surface area contributed by atoms with Crippen molar-refractivity contribution in [2.24, 2.45) is 5.41 Å². The highest BCUT2D eigenvalue weighted by atomic mass is 19.4. The van der Waals surface area contributed by atoms with Gasteiger partial charge in [0, 0.05) is 25.2 Å². The third kappa shape index (κ3) is 2.69. The highest BCUT2D eigenvalue weighted by Gasteiger charge is 2.40. The fourth-order valence-electron chi connectivity index (χ4n) is 3.17. The van der Waals surface area contributed by atoms with Crippen molar-refractivity contribution in [2.75, 3.05) is 13.6 Å². The van der Waals surface area contributed by atoms with Crippen molar-refractivity contribution in [3.63, 3.8) is 0 Å². The molecule has 0 saturated carbocycles. The topological polar surface area (TPSA) is 43.8 Å². The fraction of sp³-hybridized carbons (Fsp3) is 0.353. The lowest BCUT2D eigenvalue weighted by Crippen LogP contribution is -2.30. The Morgan fingerprint density at radius 2 is 2.04 bits per heavy atom. The van der Waals surface area contributed by atoms with Crippen LogP contribution in [0.4, 0.5) is 13.2 Å². The summed E-state index contributed by atoms with van der Waals surface area (Å²) in [6.07, 6.45) is 4.50. The Morgan fingerprint density at radius 1 is 1.33 bits per heavy atom. The summed E-state index contributed by atoms with van der Waals surface area (Å²) in [5.41, 5.74) is 0.552. The summed E-state index contributed by atoms with van der Waals surface area (Å²) < 4.78 is 38.4. The molecule has 0 fully saturated rings. The number of hydrogen-bond donors (Lipinski definition) is 1. The van der Waals surface area contributed by atoms with Gasteiger partial charge in [0.25, 0.3) is 0 Å². The molecule has 3 rings (SSSR count). The second kappa shape index (κ2) is 5.37. The van der Waals surface area contributed by atoms with Crippen molar-refractivity contribution in [1.29, 1.82) is 0 Å². The Labute approximate surface area is 137 Å². The predicted octanol–water partition coefficient (Wildman–Crippen LogP) is 3.40. The van der Waals surface area contributed by atoms with Gasteiger partial charge in [-0.25, -0.2) is 9.80 Å². The summed E-state index contributed by atoms with van der Waals surface area (Å²) in [4.78, 5) is 11.2. The van der Waals surface area contributed by atoms with Gasteiger partial charge in [-0.05, 0) is 24.1 Å². The molecule has 2 aliphatic heterocycles. The molecule has 0 aromatic rings. The molecule has 4 nitrogen and oxygen atoms in total. The maximum atomic E-state index is 12.8. The van der Waals surface area contributed by atoms with E-state index in [4.69, 9.17) is 0 Å². The number of hydrazine groups is 1. The molecule has 0 aromatic carbocycles. The van der Waals surface area contributed by atoms with E-state index in [1.807, 2.05) is 24.0 Å². The van der Waals surface area contributed by atoms with E-state index in [9.17, 15) is 23.1 Å². The van der Waals surface area contributed by atoms with Gasteiger partial charge in [-0.1, -0.05) is 25.2 Å². The summed E-state index contributed by atoms with van der Waals surface area (Å²) in [5, 5.41) is 12.9. The number of carbonyl (C=O) groups is 1. The number of allylic oxidation sites excluding steroid dienone is 5. The highest BCUT2D eigenvalue weighted by molar-refractivity contribution is 5.91. The normalized spacial score (nSPS) is 27.3. The lowest BCUT2D eigenvalue weighted by molar-refractivity contribution is -0.132. The second-order valence-corrected chi connectivity index (χ2v) is 6.36. The monoisotopic (exact) mass is 338 g/mol. The molecule has 0 aromatic heterocycles. The molecule has 2 heterocycles. The molecular formula is C17H17F3N2O2. The second-order valence-electron chi connectivity index (χ2n) is 6.36. The van der Waals surface area contributed by atoms with E-state index in [-0.39, 0.29) is 12.0 Å². The van der Waals surface area contributed by atoms with Gasteiger partial charge in [0.1, 0.15) is 0 Å². The summed E-state index contributed by atoms with van der Waals surface area (Å²) in [7, 11) is 1.85. The molecule has 0 bridgehead atoms. The summed E-state index contributed by atoms with van der Waals surface area (Å²) in [5.74, 6) is -1.03. The van der Waals surface area contributed by atoms with Crippen LogP contribution in [0.5, 0.6) is 0 Å². The number of alkyl halides is 3. The number of hydrogen-bond acceptors (Lipinski definition) is 3. The van der Waals surface area contributed by atoms with Gasteiger partial charge >= 0.3 is 12.1 Å². The number of rotatable bonds is 2. The van der Waals surface area contributed by atoms with E-state index < -0.39 is 23.1 Å². The summed E-state index contributed by atoms with van der Waals surface area (Å²) >= 11 is 0. The molecule has 1 unspecified atom stereocenters. The number of fused-ring (bicyclic) bond motifs is 1. The minimum Gasteiger partial charge on any atom is -0.478 e. The zero-order valence-electron chi connectivity index (χ0n) is 13.3. The maximum absolute atomic E-state index is 12.8. The molecule has 1 atom stereocenters. The summed E-state index contributed by atoms with van der Waals surface area (Å²) in [6.45, 7) is 2.40. The van der Waals surface area contributed by atoms with E-state index in [1.165, 1.54) is 12.2 Å². The third-order valence-corrected chi connectivity index (χ3v) is 4.64. The lowest BCUT2D eigenvalue weighted by Gasteiger charge is -2.30. The number of likely N-dealkylation sites (N-methyl/N-ethyl adjacent to an activating group) is 1. The molecule has 1 N–H and O–H groups in total. The van der Waals surface area contributed by atoms with Gasteiger partial charge in [0.2, 0.25) is 0 Å². The maximum Gasteiger partial charge on any atom is 0.416 e. The first-order valence-electron chi connectivity index (χ1n) is 7.45. The molecule has 1 aliphatic carbocycles. The predicted molar refractivity (Wildman–Crippen MR) is 82.4 cm³/mol. The standard InChI is InChI=1S/C17H17F3N2O2/c1-16(6-3-12(4-7-16)17(18,19)20)13-10-21(2)22-8-5-11(15(23)24)9-14(13)22/h3-6,8-9H,7,10H2,1-2H3,(H,23,24). The van der Waals surface area contributed by atoms with Crippen LogP contribution < -0.4 is 0 Å². The average molecular weight is 338 g/mol. The molecule has 24 heavy (non-hydrogen) atoms. The number of carboxylic acid groups (broad SMARTS) is 1. The number of halogens is 3. The van der Waals surface area contributed by atoms with Crippen LogP contribution in [0.15, 0.2) is 59.0 Å². The first-order chi connectivity index (χ1) is 11.1. The van der Waals surface area contributed by atoms with E-state index in [0.717, 1.165) is 11.6 Å². The Bertz CT molecular complexity index is 743. The molecule has 0 amide bonds. The van der Waals surface area contributed by atoms with Crippen molar-refractivity contribution in [3.8, 4) is 0 Å². The SMILES string of the molecule is CN1CC(C2(C)C=CC(C(F)(F)F)=CC2)=C2C=C(C(=O)O)C=CN21. The summed E-state index contributed by atoms with van der Waals surface area (Å²) in [6, 6.07) is 0. The smallest absolute Gasteiger partial charge is 0.416 e. The molecule has 0 saturated heterocycles. The van der Waals surface area contributed by atoms with Gasteiger partial charge in [-0.2, -0.15) is 13.2 Å². The third-order valence-electron chi connectivity index (χ3n) is 4.64. The Kier molecular flexibility index (Phi) is 3.71. The Morgan fingerprint density at radius 3 is 2.58 bits per heavy atom. The number of carboxylic acids is 1. The van der Waals surface area contributed by atoms with Crippen molar-refractivity contribution >= 4 is 5.97 Å². The fourth-order valence-corrected chi connectivity index (χ4v) is 3.17. The molecule has 128 valence electrons. The van der Waals surface area contributed by atoms with Crippen LogP contribution in [0.3, 0.4) is 0 Å². The van der Waals surface area contributed by atoms with Crippen molar-refractivity contribution in [2.45, 2.75) is 19.5 Å². The minimum atomic E-state index is -4.35. The molecule has 3 aliphatic rings. The van der Waals surface area contributed by atoms with Crippen LogP contribution >= 0.6 is 0 Å². The van der Waals surface area contributed by atoms with E-state index in [0.29, 0.717) is 12.2 Å². The van der Waals surface area contributed by atoms with Gasteiger partial charge in [0.15, 0.2) is 0 Å². The zero-order valence-corrected chi connectivity index (χ0v) is 13.3. The van der Waals surface area contributed by atoms with Crippen molar-refractivity contribution < 1.29 is 23.1 Å². The minimum absolute atomic E-state index is 0.156. The van der Waals surface area contributed by atoms with E-state index in [1.54, 1.807) is 18.4 Å². The van der Waals surface area contributed by atoms with Crippen LogP contribution in [0, 0.1) is 5.41 Å². The van der Waals surface area contributed by atoms with Gasteiger partial charge in [-0.15, -0.1) is 0 Å². The molecular weight excluding hydrogens is 321 g/mol. The van der Waals surface area contributed by atoms with Crippen LogP contribution in [0.1, 0.15) is 13.3 Å². The average Bonchev–Trinajstić information content (AvgIpc) is 2.84. The largest absolute Gasteiger partial charge is 0.478 e. The Hall–Kier alpha value is -2.28. The quantitative estimate of drug-likeness (QED) is 0.838. The van der Waals surface area contributed by atoms with Gasteiger partial charge < -0.3 is 5.11 Å². The van der Waals surface area contributed by atoms with Crippen LogP contribution in [-0.2, 0) is 4.79 Å². The highest BCUT2D eigenvalue weighted by Crippen LogP contribution is 2.45. The van der Waals surface area contributed by atoms with Crippen LogP contribution in [0.2, 0.25) is 0 Å². The van der Waals surface area contributed by atoms with Gasteiger partial charge in [0.05, 0.1) is 16.8 Å². The number of aliphatic carboxylic acids is 1. The van der Waals surface area contributed by atoms with Crippen LogP contribution in [0.25, 0.3) is 0 Å². The first kappa shape index (κ1) is 16.6. The lowest BCUT2D eigenvalue weighted by atomic mass is 9.74. The zero-order chi connectivity index (χ0) is 17.7. The van der Waals surface area contributed by atoms with Crippen molar-refractivity contribution in [3.05, 3.63) is 59.0 Å². The molecule has 7 heteroatoms.